The van der Waals surface area contributed by atoms with Crippen LogP contribution in [0.25, 0.3) is 0 Å². The van der Waals surface area contributed by atoms with Crippen LogP contribution < -0.4 is 5.32 Å². The zero-order valence-corrected chi connectivity index (χ0v) is 13.6. The van der Waals surface area contributed by atoms with Crippen molar-refractivity contribution in [3.63, 3.8) is 0 Å². The Morgan fingerprint density at radius 1 is 1.12 bits per heavy atom. The molecule has 2 rings (SSSR count). The summed E-state index contributed by atoms with van der Waals surface area (Å²) < 4.78 is 5.09. The average molecular weight is 322 g/mol. The fourth-order valence-corrected chi connectivity index (χ4v) is 2.10. The van der Waals surface area contributed by atoms with Gasteiger partial charge in [-0.25, -0.2) is 0 Å². The lowest BCUT2D eigenvalue weighted by molar-refractivity contribution is -0.143. The zero-order valence-electron chi connectivity index (χ0n) is 13.6. The first-order valence-corrected chi connectivity index (χ1v) is 7.50. The lowest BCUT2D eigenvalue weighted by atomic mass is 10.1. The van der Waals surface area contributed by atoms with Crippen molar-refractivity contribution in [3.8, 4) is 6.07 Å². The predicted molar refractivity (Wildman–Crippen MR) is 89.2 cm³/mol. The van der Waals surface area contributed by atoms with Crippen molar-refractivity contribution < 1.29 is 14.3 Å². The van der Waals surface area contributed by atoms with Crippen molar-refractivity contribution in [1.29, 1.82) is 5.26 Å². The largest absolute Gasteiger partial charge is 0.459 e. The topological polar surface area (TPSA) is 79.2 Å². The van der Waals surface area contributed by atoms with Crippen LogP contribution in [-0.4, -0.2) is 18.4 Å². The van der Waals surface area contributed by atoms with Gasteiger partial charge >= 0.3 is 5.97 Å². The van der Waals surface area contributed by atoms with E-state index in [1.165, 1.54) is 0 Å². The number of nitriles is 1. The zero-order chi connectivity index (χ0) is 17.5. The van der Waals surface area contributed by atoms with Crippen molar-refractivity contribution in [2.24, 2.45) is 0 Å². The van der Waals surface area contributed by atoms with Crippen molar-refractivity contribution in [2.75, 3.05) is 6.54 Å². The summed E-state index contributed by atoms with van der Waals surface area (Å²) in [7, 11) is 0. The summed E-state index contributed by atoms with van der Waals surface area (Å²) in [6.07, 6.45) is 0. The normalized spacial score (nSPS) is 9.88. The monoisotopic (exact) mass is 322 g/mol. The first-order valence-electron chi connectivity index (χ1n) is 7.50. The van der Waals surface area contributed by atoms with Crippen molar-refractivity contribution in [1.82, 2.24) is 5.32 Å². The molecule has 0 heterocycles. The Balaban J connectivity index is 1.86. The quantitative estimate of drug-likeness (QED) is 0.858. The fraction of sp³-hybridized carbons (Fsp3) is 0.211. The number of carbonyl (C=O) groups is 2. The number of aryl methyl sites for hydroxylation is 2. The van der Waals surface area contributed by atoms with Crippen LogP contribution in [-0.2, 0) is 16.1 Å². The number of rotatable bonds is 5. The van der Waals surface area contributed by atoms with Gasteiger partial charge in [-0.05, 0) is 43.2 Å². The number of carbonyl (C=O) groups excluding carboxylic acids is 2. The maximum atomic E-state index is 12.0. The summed E-state index contributed by atoms with van der Waals surface area (Å²) in [6.45, 7) is 3.67. The Labute approximate surface area is 140 Å². The molecule has 2 aromatic carbocycles. The highest BCUT2D eigenvalue weighted by molar-refractivity contribution is 5.96. The Morgan fingerprint density at radius 2 is 1.88 bits per heavy atom. The average Bonchev–Trinajstić information content (AvgIpc) is 2.60. The third-order valence-electron chi connectivity index (χ3n) is 3.69. The molecule has 0 spiro atoms. The fourth-order valence-electron chi connectivity index (χ4n) is 2.10. The molecule has 1 amide bonds. The summed E-state index contributed by atoms with van der Waals surface area (Å²) in [4.78, 5) is 23.8. The standard InChI is InChI=1S/C19H18N2O3/c1-13-7-8-15(9-14(13)2)19(23)21-11-18(22)24-12-17-6-4-3-5-16(17)10-20/h3-9H,11-12H2,1-2H3,(H,21,23). The highest BCUT2D eigenvalue weighted by Gasteiger charge is 2.10. The molecule has 2 aromatic rings. The Morgan fingerprint density at radius 3 is 2.58 bits per heavy atom. The number of hydrogen-bond donors (Lipinski definition) is 1. The number of hydrogen-bond acceptors (Lipinski definition) is 4. The van der Waals surface area contributed by atoms with Crippen molar-refractivity contribution in [3.05, 3.63) is 70.3 Å². The molecule has 0 saturated heterocycles. The number of nitrogens with zero attached hydrogens (tertiary/aromatic N) is 1. The third kappa shape index (κ3) is 4.43. The number of nitrogens with one attached hydrogen (secondary N) is 1. The molecule has 122 valence electrons. The number of amides is 1. The van der Waals surface area contributed by atoms with Gasteiger partial charge < -0.3 is 10.1 Å². The van der Waals surface area contributed by atoms with Crippen molar-refractivity contribution in [2.45, 2.75) is 20.5 Å². The summed E-state index contributed by atoms with van der Waals surface area (Å²) in [6, 6.07) is 14.3. The molecule has 1 N–H and O–H groups in total. The molecule has 0 fully saturated rings. The molecule has 5 nitrogen and oxygen atoms in total. The second kappa shape index (κ2) is 7.93. The number of benzene rings is 2. The van der Waals surface area contributed by atoms with E-state index in [2.05, 4.69) is 5.32 Å². The minimum Gasteiger partial charge on any atom is -0.459 e. The smallest absolute Gasteiger partial charge is 0.325 e. The molecule has 0 radical (unpaired) electrons. The molecule has 24 heavy (non-hydrogen) atoms. The van der Waals surface area contributed by atoms with E-state index in [0.29, 0.717) is 16.7 Å². The summed E-state index contributed by atoms with van der Waals surface area (Å²) in [5.41, 5.74) is 3.71. The predicted octanol–water partition coefficient (Wildman–Crippen LogP) is 2.65. The van der Waals surface area contributed by atoms with E-state index in [1.807, 2.05) is 26.0 Å². The van der Waals surface area contributed by atoms with Crippen LogP contribution in [0.3, 0.4) is 0 Å². The molecule has 5 heteroatoms. The van der Waals surface area contributed by atoms with Crippen LogP contribution in [0.5, 0.6) is 0 Å². The van der Waals surface area contributed by atoms with Crippen LogP contribution in [0, 0.1) is 25.2 Å². The highest BCUT2D eigenvalue weighted by Crippen LogP contribution is 2.10. The Hall–Kier alpha value is -3.13. The number of esters is 1. The molecular weight excluding hydrogens is 304 g/mol. The van der Waals surface area contributed by atoms with Crippen LogP contribution in [0.1, 0.15) is 32.6 Å². The second-order valence-electron chi connectivity index (χ2n) is 5.41. The Bertz CT molecular complexity index is 806. The summed E-state index contributed by atoms with van der Waals surface area (Å²) in [5, 5.41) is 11.5. The van der Waals surface area contributed by atoms with Gasteiger partial charge in [0.05, 0.1) is 11.6 Å². The van der Waals surface area contributed by atoms with Gasteiger partial charge in [-0.1, -0.05) is 24.3 Å². The molecule has 0 aromatic heterocycles. The minimum absolute atomic E-state index is 0.00206. The van der Waals surface area contributed by atoms with E-state index in [0.717, 1.165) is 11.1 Å². The van der Waals surface area contributed by atoms with Gasteiger partial charge in [0.1, 0.15) is 13.2 Å². The van der Waals surface area contributed by atoms with Crippen LogP contribution >= 0.6 is 0 Å². The SMILES string of the molecule is Cc1ccc(C(=O)NCC(=O)OCc2ccccc2C#N)cc1C. The maximum absolute atomic E-state index is 12.0. The molecule has 0 bridgehead atoms. The molecule has 0 aliphatic heterocycles. The van der Waals surface area contributed by atoms with Crippen LogP contribution in [0.2, 0.25) is 0 Å². The molecular formula is C19H18N2O3. The van der Waals surface area contributed by atoms with E-state index in [4.69, 9.17) is 10.00 Å². The van der Waals surface area contributed by atoms with Gasteiger partial charge in [0, 0.05) is 11.1 Å². The Kier molecular flexibility index (Phi) is 5.69. The van der Waals surface area contributed by atoms with E-state index in [1.54, 1.807) is 36.4 Å². The third-order valence-corrected chi connectivity index (χ3v) is 3.69. The van der Waals surface area contributed by atoms with E-state index < -0.39 is 5.97 Å². The van der Waals surface area contributed by atoms with Crippen LogP contribution in [0.15, 0.2) is 42.5 Å². The van der Waals surface area contributed by atoms with E-state index in [-0.39, 0.29) is 19.1 Å². The second-order valence-corrected chi connectivity index (χ2v) is 5.41. The van der Waals surface area contributed by atoms with Crippen LogP contribution in [0.4, 0.5) is 0 Å². The molecule has 0 saturated carbocycles. The van der Waals surface area contributed by atoms with Gasteiger partial charge in [0.2, 0.25) is 0 Å². The maximum Gasteiger partial charge on any atom is 0.325 e. The summed E-state index contributed by atoms with van der Waals surface area (Å²) in [5.74, 6) is -0.882. The van der Waals surface area contributed by atoms with E-state index >= 15 is 0 Å². The van der Waals surface area contributed by atoms with E-state index in [9.17, 15) is 9.59 Å². The minimum atomic E-state index is -0.556. The first kappa shape index (κ1) is 17.2. The molecule has 0 aliphatic carbocycles. The highest BCUT2D eigenvalue weighted by atomic mass is 16.5. The molecule has 0 aliphatic rings. The lowest BCUT2D eigenvalue weighted by Gasteiger charge is -2.08. The summed E-state index contributed by atoms with van der Waals surface area (Å²) >= 11 is 0. The van der Waals surface area contributed by atoms with Gasteiger partial charge in [-0.15, -0.1) is 0 Å². The lowest BCUT2D eigenvalue weighted by Crippen LogP contribution is -2.30. The number of ether oxygens (including phenoxy) is 1. The van der Waals surface area contributed by atoms with Gasteiger partial charge in [0.25, 0.3) is 5.91 Å². The first-order chi connectivity index (χ1) is 11.5. The molecule has 0 atom stereocenters. The van der Waals surface area contributed by atoms with Gasteiger partial charge in [-0.3, -0.25) is 9.59 Å². The molecule has 0 unspecified atom stereocenters. The van der Waals surface area contributed by atoms with Gasteiger partial charge in [-0.2, -0.15) is 5.26 Å². The van der Waals surface area contributed by atoms with Gasteiger partial charge in [0.15, 0.2) is 0 Å². The van der Waals surface area contributed by atoms with Crippen molar-refractivity contribution >= 4 is 11.9 Å².